The summed E-state index contributed by atoms with van der Waals surface area (Å²) >= 11 is 0. The maximum absolute atomic E-state index is 12.7. The molecule has 1 aliphatic heterocycles. The summed E-state index contributed by atoms with van der Waals surface area (Å²) in [7, 11) is 2.14. The van der Waals surface area contributed by atoms with E-state index in [1.54, 1.807) is 0 Å². The Morgan fingerprint density at radius 1 is 1.07 bits per heavy atom. The lowest BCUT2D eigenvalue weighted by Crippen LogP contribution is -2.42. The molecule has 2 aliphatic carbocycles. The fraction of sp³-hybridized carbons (Fsp3) is 0.762. The fourth-order valence-electron chi connectivity index (χ4n) is 5.26. The molecule has 3 N–H and O–H groups in total. The Morgan fingerprint density at radius 3 is 2.39 bits per heavy atom. The van der Waals surface area contributed by atoms with Crippen molar-refractivity contribution in [2.24, 2.45) is 18.9 Å². The highest BCUT2D eigenvalue weighted by Crippen LogP contribution is 2.36. The standard InChI is InChI=1S/C21H32N4O3/c1-25-18-10-11-22-12-17(18)24-19(25)13-2-4-14(5-3-13)20(26)23-16-8-6-15(7-9-16)21(27)28/h13-16,22H,2-12H2,1H3,(H,23,26)(H,27,28)/t13-,14-,15-,16-. The Hall–Kier alpha value is -1.89. The molecule has 0 bridgehead atoms. The lowest BCUT2D eigenvalue weighted by Gasteiger charge is -2.31. The second-order valence-electron chi connectivity index (χ2n) is 8.79. The van der Waals surface area contributed by atoms with Crippen molar-refractivity contribution in [1.29, 1.82) is 0 Å². The highest BCUT2D eigenvalue weighted by Gasteiger charge is 2.32. The molecule has 7 nitrogen and oxygen atoms in total. The molecule has 7 heteroatoms. The molecule has 0 unspecified atom stereocenters. The number of nitrogens with zero attached hydrogens (tertiary/aromatic N) is 2. The quantitative estimate of drug-likeness (QED) is 0.734. The summed E-state index contributed by atoms with van der Waals surface area (Å²) in [5, 5.41) is 15.7. The van der Waals surface area contributed by atoms with E-state index < -0.39 is 5.97 Å². The number of carboxylic acid groups (broad SMARTS) is 1. The first-order valence-electron chi connectivity index (χ1n) is 10.8. The number of aliphatic carboxylic acids is 1. The summed E-state index contributed by atoms with van der Waals surface area (Å²) in [5.41, 5.74) is 2.56. The van der Waals surface area contributed by atoms with Crippen molar-refractivity contribution >= 4 is 11.9 Å². The molecule has 1 amide bonds. The summed E-state index contributed by atoms with van der Waals surface area (Å²) in [6.45, 7) is 1.89. The molecule has 28 heavy (non-hydrogen) atoms. The van der Waals surface area contributed by atoms with Gasteiger partial charge in [0.15, 0.2) is 0 Å². The van der Waals surface area contributed by atoms with Gasteiger partial charge < -0.3 is 20.3 Å². The number of carbonyl (C=O) groups excluding carboxylic acids is 1. The van der Waals surface area contributed by atoms with Gasteiger partial charge in [-0.3, -0.25) is 9.59 Å². The number of aromatic nitrogens is 2. The molecule has 3 aliphatic rings. The number of carboxylic acids is 1. The van der Waals surface area contributed by atoms with E-state index in [9.17, 15) is 9.59 Å². The topological polar surface area (TPSA) is 96.2 Å². The van der Waals surface area contributed by atoms with Gasteiger partial charge in [-0.15, -0.1) is 0 Å². The largest absolute Gasteiger partial charge is 0.481 e. The van der Waals surface area contributed by atoms with Gasteiger partial charge in [-0.1, -0.05) is 0 Å². The summed E-state index contributed by atoms with van der Waals surface area (Å²) in [5.74, 6) is 0.966. The third kappa shape index (κ3) is 3.95. The molecule has 0 aromatic carbocycles. The number of nitrogens with one attached hydrogen (secondary N) is 2. The van der Waals surface area contributed by atoms with Gasteiger partial charge in [0.05, 0.1) is 11.6 Å². The summed E-state index contributed by atoms with van der Waals surface area (Å²) in [6, 6.07) is 0.148. The van der Waals surface area contributed by atoms with Crippen LogP contribution in [0.2, 0.25) is 0 Å². The lowest BCUT2D eigenvalue weighted by atomic mass is 9.80. The first kappa shape index (κ1) is 19.4. The zero-order valence-electron chi connectivity index (χ0n) is 16.7. The van der Waals surface area contributed by atoms with Crippen molar-refractivity contribution < 1.29 is 14.7 Å². The van der Waals surface area contributed by atoms with Crippen LogP contribution in [0, 0.1) is 11.8 Å². The first-order valence-corrected chi connectivity index (χ1v) is 10.8. The summed E-state index contributed by atoms with van der Waals surface area (Å²) in [4.78, 5) is 28.7. The van der Waals surface area contributed by atoms with Crippen molar-refractivity contribution in [2.45, 2.75) is 76.3 Å². The fourth-order valence-corrected chi connectivity index (χ4v) is 5.26. The van der Waals surface area contributed by atoms with Gasteiger partial charge in [-0.25, -0.2) is 4.98 Å². The van der Waals surface area contributed by atoms with Crippen LogP contribution in [-0.2, 0) is 29.6 Å². The van der Waals surface area contributed by atoms with E-state index in [4.69, 9.17) is 10.1 Å². The van der Waals surface area contributed by atoms with Crippen molar-refractivity contribution in [3.05, 3.63) is 17.2 Å². The molecule has 2 heterocycles. The average Bonchev–Trinajstić information content (AvgIpc) is 3.05. The third-order valence-corrected chi connectivity index (χ3v) is 7.05. The number of hydrogen-bond donors (Lipinski definition) is 3. The van der Waals surface area contributed by atoms with Crippen molar-refractivity contribution in [3.63, 3.8) is 0 Å². The lowest BCUT2D eigenvalue weighted by molar-refractivity contribution is -0.142. The molecular formula is C21H32N4O3. The Kier molecular flexibility index (Phi) is 5.71. The zero-order valence-corrected chi connectivity index (χ0v) is 16.7. The SMILES string of the molecule is Cn1c2c(nc1[C@H]1CC[C@H](C(=O)N[C@H]3CC[C@H](C(=O)O)CC3)CC1)CNCC2. The maximum atomic E-state index is 12.7. The number of carbonyl (C=O) groups is 2. The number of rotatable bonds is 4. The molecule has 2 saturated carbocycles. The Morgan fingerprint density at radius 2 is 1.75 bits per heavy atom. The van der Waals surface area contributed by atoms with Crippen LogP contribution in [0.4, 0.5) is 0 Å². The smallest absolute Gasteiger partial charge is 0.306 e. The van der Waals surface area contributed by atoms with Crippen molar-refractivity contribution in [1.82, 2.24) is 20.2 Å². The molecule has 1 aromatic rings. The average molecular weight is 389 g/mol. The normalized spacial score (nSPS) is 30.5. The molecule has 0 radical (unpaired) electrons. The minimum absolute atomic E-state index is 0.0880. The number of hydrogen-bond acceptors (Lipinski definition) is 4. The Balaban J connectivity index is 1.28. The highest BCUT2D eigenvalue weighted by atomic mass is 16.4. The van der Waals surface area contributed by atoms with E-state index >= 15 is 0 Å². The van der Waals surface area contributed by atoms with Crippen LogP contribution in [0.5, 0.6) is 0 Å². The zero-order chi connectivity index (χ0) is 19.7. The monoisotopic (exact) mass is 388 g/mol. The molecule has 0 spiro atoms. The van der Waals surface area contributed by atoms with Crippen LogP contribution in [0.25, 0.3) is 0 Å². The Labute approximate surface area is 166 Å². The molecule has 154 valence electrons. The minimum Gasteiger partial charge on any atom is -0.481 e. The second kappa shape index (κ2) is 8.23. The van der Waals surface area contributed by atoms with E-state index in [1.165, 1.54) is 17.2 Å². The van der Waals surface area contributed by atoms with E-state index in [1.807, 2.05) is 0 Å². The van der Waals surface area contributed by atoms with Gasteiger partial charge in [0.1, 0.15) is 5.82 Å². The van der Waals surface area contributed by atoms with Gasteiger partial charge in [-0.2, -0.15) is 0 Å². The molecule has 4 rings (SSSR count). The van der Waals surface area contributed by atoms with Crippen LogP contribution < -0.4 is 10.6 Å². The summed E-state index contributed by atoms with van der Waals surface area (Å²) in [6.07, 6.45) is 7.81. The van der Waals surface area contributed by atoms with Gasteiger partial charge in [0, 0.05) is 50.1 Å². The second-order valence-corrected chi connectivity index (χ2v) is 8.79. The predicted molar refractivity (Wildman–Crippen MR) is 105 cm³/mol. The number of imidazole rings is 1. The van der Waals surface area contributed by atoms with E-state index in [0.29, 0.717) is 18.8 Å². The van der Waals surface area contributed by atoms with Crippen LogP contribution in [0.1, 0.15) is 74.5 Å². The predicted octanol–water partition coefficient (Wildman–Crippen LogP) is 2.10. The van der Waals surface area contributed by atoms with Crippen LogP contribution >= 0.6 is 0 Å². The Bertz CT molecular complexity index is 728. The molecule has 0 saturated heterocycles. The van der Waals surface area contributed by atoms with Crippen molar-refractivity contribution in [2.75, 3.05) is 6.54 Å². The van der Waals surface area contributed by atoms with Crippen LogP contribution in [0.3, 0.4) is 0 Å². The molecule has 2 fully saturated rings. The van der Waals surface area contributed by atoms with E-state index in [0.717, 1.165) is 58.0 Å². The highest BCUT2D eigenvalue weighted by molar-refractivity contribution is 5.79. The molecule has 0 atom stereocenters. The van der Waals surface area contributed by atoms with Gasteiger partial charge in [0.25, 0.3) is 0 Å². The summed E-state index contributed by atoms with van der Waals surface area (Å²) < 4.78 is 2.29. The minimum atomic E-state index is -0.699. The van der Waals surface area contributed by atoms with Gasteiger partial charge >= 0.3 is 5.97 Å². The van der Waals surface area contributed by atoms with Crippen molar-refractivity contribution in [3.8, 4) is 0 Å². The van der Waals surface area contributed by atoms with Gasteiger partial charge in [0.2, 0.25) is 5.91 Å². The van der Waals surface area contributed by atoms with Gasteiger partial charge in [-0.05, 0) is 51.4 Å². The molecule has 1 aromatic heterocycles. The van der Waals surface area contributed by atoms with Crippen LogP contribution in [-0.4, -0.2) is 39.1 Å². The van der Waals surface area contributed by atoms with Crippen LogP contribution in [0.15, 0.2) is 0 Å². The maximum Gasteiger partial charge on any atom is 0.306 e. The number of amides is 1. The van der Waals surface area contributed by atoms with E-state index in [-0.39, 0.29) is 23.8 Å². The number of fused-ring (bicyclic) bond motifs is 1. The first-order chi connectivity index (χ1) is 13.5. The third-order valence-electron chi connectivity index (χ3n) is 7.05. The van der Waals surface area contributed by atoms with E-state index in [2.05, 4.69) is 22.2 Å². The molecular weight excluding hydrogens is 356 g/mol.